The van der Waals surface area contributed by atoms with Crippen molar-refractivity contribution in [2.75, 3.05) is 13.2 Å². The van der Waals surface area contributed by atoms with E-state index >= 15 is 0 Å². The molecule has 0 saturated carbocycles. The molecule has 1 rings (SSSR count). The molecule has 1 aromatic carbocycles. The number of hydrogen-bond acceptors (Lipinski definition) is 2. The van der Waals surface area contributed by atoms with Gasteiger partial charge in [-0.05, 0) is 37.6 Å². The summed E-state index contributed by atoms with van der Waals surface area (Å²) in [5, 5.41) is 3.16. The lowest BCUT2D eigenvalue weighted by molar-refractivity contribution is -0.153. The fourth-order valence-electron chi connectivity index (χ4n) is 1.54. The first-order valence-corrected chi connectivity index (χ1v) is 6.06. The zero-order valence-corrected chi connectivity index (χ0v) is 10.9. The standard InChI is InChI=1S/C13H17F4NO/c1-3-6-18-9(2)10-4-5-12(11(14)7-10)19-8-13(15,16)17/h4-5,7,9,18H,3,6,8H2,1-2H3. The molecule has 0 aliphatic heterocycles. The molecule has 1 N–H and O–H groups in total. The molecular formula is C13H17F4NO. The maximum atomic E-state index is 13.6. The molecule has 1 unspecified atom stereocenters. The number of benzene rings is 1. The lowest BCUT2D eigenvalue weighted by atomic mass is 10.1. The van der Waals surface area contributed by atoms with Crippen LogP contribution < -0.4 is 10.1 Å². The van der Waals surface area contributed by atoms with E-state index in [1.165, 1.54) is 12.1 Å². The van der Waals surface area contributed by atoms with E-state index in [4.69, 9.17) is 0 Å². The topological polar surface area (TPSA) is 21.3 Å². The quantitative estimate of drug-likeness (QED) is 0.799. The molecule has 6 heteroatoms. The number of hydrogen-bond donors (Lipinski definition) is 1. The minimum absolute atomic E-state index is 0.0638. The van der Waals surface area contributed by atoms with E-state index < -0.39 is 18.6 Å². The highest BCUT2D eigenvalue weighted by Gasteiger charge is 2.29. The van der Waals surface area contributed by atoms with Gasteiger partial charge >= 0.3 is 6.18 Å². The predicted molar refractivity (Wildman–Crippen MR) is 64.7 cm³/mol. The molecule has 1 atom stereocenters. The summed E-state index contributed by atoms with van der Waals surface area (Å²) in [6, 6.07) is 3.91. The summed E-state index contributed by atoms with van der Waals surface area (Å²) in [6.45, 7) is 3.16. The van der Waals surface area contributed by atoms with Gasteiger partial charge in [-0.3, -0.25) is 0 Å². The van der Waals surface area contributed by atoms with Gasteiger partial charge in [0.25, 0.3) is 0 Å². The molecule has 0 spiro atoms. The van der Waals surface area contributed by atoms with Gasteiger partial charge in [-0.25, -0.2) is 4.39 Å². The highest BCUT2D eigenvalue weighted by molar-refractivity contribution is 5.30. The molecule has 0 amide bonds. The van der Waals surface area contributed by atoms with Crippen LogP contribution >= 0.6 is 0 Å². The van der Waals surface area contributed by atoms with Crippen molar-refractivity contribution in [3.8, 4) is 5.75 Å². The van der Waals surface area contributed by atoms with Crippen molar-refractivity contribution < 1.29 is 22.3 Å². The van der Waals surface area contributed by atoms with E-state index in [0.29, 0.717) is 5.56 Å². The van der Waals surface area contributed by atoms with Gasteiger partial charge in [-0.1, -0.05) is 13.0 Å². The Bertz CT molecular complexity index is 406. The average Bonchev–Trinajstić information content (AvgIpc) is 2.33. The fraction of sp³-hybridized carbons (Fsp3) is 0.538. The van der Waals surface area contributed by atoms with Gasteiger partial charge in [-0.2, -0.15) is 13.2 Å². The van der Waals surface area contributed by atoms with E-state index in [0.717, 1.165) is 13.0 Å². The molecular weight excluding hydrogens is 262 g/mol. The van der Waals surface area contributed by atoms with Crippen LogP contribution in [0.5, 0.6) is 5.75 Å². The van der Waals surface area contributed by atoms with Crippen molar-refractivity contribution >= 4 is 0 Å². The average molecular weight is 279 g/mol. The Balaban J connectivity index is 2.69. The molecule has 0 fully saturated rings. The maximum absolute atomic E-state index is 13.6. The zero-order chi connectivity index (χ0) is 14.5. The Hall–Kier alpha value is -1.30. The first-order chi connectivity index (χ1) is 8.83. The SMILES string of the molecule is CCCNC(C)c1ccc(OCC(F)(F)F)c(F)c1. The normalized spacial score (nSPS) is 13.4. The Labute approximate surface area is 109 Å². The van der Waals surface area contributed by atoms with Gasteiger partial charge in [0.1, 0.15) is 0 Å². The molecule has 2 nitrogen and oxygen atoms in total. The summed E-state index contributed by atoms with van der Waals surface area (Å²) < 4.78 is 53.9. The van der Waals surface area contributed by atoms with Crippen LogP contribution in [-0.4, -0.2) is 19.3 Å². The Morgan fingerprint density at radius 3 is 2.53 bits per heavy atom. The molecule has 0 aliphatic rings. The third kappa shape index (κ3) is 5.46. The Morgan fingerprint density at radius 2 is 2.00 bits per heavy atom. The summed E-state index contributed by atoms with van der Waals surface area (Å²) in [6.07, 6.45) is -3.53. The van der Waals surface area contributed by atoms with Crippen molar-refractivity contribution in [3.05, 3.63) is 29.6 Å². The second-order valence-electron chi connectivity index (χ2n) is 4.27. The zero-order valence-electron chi connectivity index (χ0n) is 10.9. The minimum atomic E-state index is -4.47. The molecule has 0 saturated heterocycles. The van der Waals surface area contributed by atoms with Crippen LogP contribution in [0, 0.1) is 5.82 Å². The van der Waals surface area contributed by atoms with E-state index in [1.54, 1.807) is 6.07 Å². The number of nitrogens with one attached hydrogen (secondary N) is 1. The molecule has 108 valence electrons. The minimum Gasteiger partial charge on any atom is -0.481 e. The summed E-state index contributed by atoms with van der Waals surface area (Å²) in [5.41, 5.74) is 0.672. The van der Waals surface area contributed by atoms with Crippen molar-refractivity contribution in [2.45, 2.75) is 32.5 Å². The van der Waals surface area contributed by atoms with Gasteiger partial charge in [0.05, 0.1) is 0 Å². The Morgan fingerprint density at radius 1 is 1.32 bits per heavy atom. The number of ether oxygens (including phenoxy) is 1. The molecule has 0 bridgehead atoms. The van der Waals surface area contributed by atoms with E-state index in [1.807, 2.05) is 13.8 Å². The van der Waals surface area contributed by atoms with Crippen LogP contribution in [0.1, 0.15) is 31.9 Å². The van der Waals surface area contributed by atoms with Gasteiger partial charge < -0.3 is 10.1 Å². The number of rotatable bonds is 6. The molecule has 1 aromatic rings. The number of alkyl halides is 3. The highest BCUT2D eigenvalue weighted by Crippen LogP contribution is 2.24. The second-order valence-corrected chi connectivity index (χ2v) is 4.27. The lowest BCUT2D eigenvalue weighted by Crippen LogP contribution is -2.20. The van der Waals surface area contributed by atoms with Crippen LogP contribution in [0.4, 0.5) is 17.6 Å². The lowest BCUT2D eigenvalue weighted by Gasteiger charge is -2.15. The van der Waals surface area contributed by atoms with Crippen LogP contribution in [0.2, 0.25) is 0 Å². The molecule has 0 aliphatic carbocycles. The fourth-order valence-corrected chi connectivity index (χ4v) is 1.54. The van der Waals surface area contributed by atoms with Crippen LogP contribution in [0.3, 0.4) is 0 Å². The summed E-state index contributed by atoms with van der Waals surface area (Å²) >= 11 is 0. The van der Waals surface area contributed by atoms with Crippen LogP contribution in [0.15, 0.2) is 18.2 Å². The molecule has 0 radical (unpaired) electrons. The third-order valence-corrected chi connectivity index (χ3v) is 2.55. The van der Waals surface area contributed by atoms with E-state index in [9.17, 15) is 17.6 Å². The second kappa shape index (κ2) is 6.75. The maximum Gasteiger partial charge on any atom is 0.422 e. The van der Waals surface area contributed by atoms with Gasteiger partial charge in [0, 0.05) is 6.04 Å². The monoisotopic (exact) mass is 279 g/mol. The molecule has 0 heterocycles. The number of halogens is 4. The van der Waals surface area contributed by atoms with E-state index in [-0.39, 0.29) is 11.8 Å². The summed E-state index contributed by atoms with van der Waals surface area (Å²) in [5.74, 6) is -1.17. The Kier molecular flexibility index (Phi) is 5.60. The van der Waals surface area contributed by atoms with Crippen molar-refractivity contribution in [1.29, 1.82) is 0 Å². The van der Waals surface area contributed by atoms with Crippen LogP contribution in [0.25, 0.3) is 0 Å². The molecule has 0 aromatic heterocycles. The first kappa shape index (κ1) is 15.8. The largest absolute Gasteiger partial charge is 0.481 e. The van der Waals surface area contributed by atoms with Crippen molar-refractivity contribution in [1.82, 2.24) is 5.32 Å². The van der Waals surface area contributed by atoms with Crippen molar-refractivity contribution in [2.24, 2.45) is 0 Å². The smallest absolute Gasteiger partial charge is 0.422 e. The summed E-state index contributed by atoms with van der Waals surface area (Å²) in [7, 11) is 0. The van der Waals surface area contributed by atoms with Crippen molar-refractivity contribution in [3.63, 3.8) is 0 Å². The highest BCUT2D eigenvalue weighted by atomic mass is 19.4. The summed E-state index contributed by atoms with van der Waals surface area (Å²) in [4.78, 5) is 0. The first-order valence-electron chi connectivity index (χ1n) is 6.06. The van der Waals surface area contributed by atoms with Crippen LogP contribution in [-0.2, 0) is 0 Å². The van der Waals surface area contributed by atoms with Gasteiger partial charge in [0.2, 0.25) is 0 Å². The molecule has 19 heavy (non-hydrogen) atoms. The van der Waals surface area contributed by atoms with Gasteiger partial charge in [-0.15, -0.1) is 0 Å². The predicted octanol–water partition coefficient (Wildman–Crippen LogP) is 3.83. The van der Waals surface area contributed by atoms with Gasteiger partial charge in [0.15, 0.2) is 18.2 Å². The third-order valence-electron chi connectivity index (χ3n) is 2.55. The van der Waals surface area contributed by atoms with E-state index in [2.05, 4.69) is 10.1 Å².